The maximum atomic E-state index is 4.07. The summed E-state index contributed by atoms with van der Waals surface area (Å²) >= 11 is 0. The lowest BCUT2D eigenvalue weighted by atomic mass is 10.2. The molecule has 0 unspecified atom stereocenters. The third-order valence-corrected chi connectivity index (χ3v) is 1.88. The van der Waals surface area contributed by atoms with E-state index in [0.29, 0.717) is 0 Å². The van der Waals surface area contributed by atoms with Crippen molar-refractivity contribution in [3.63, 3.8) is 0 Å². The Kier molecular flexibility index (Phi) is 3.07. The highest BCUT2D eigenvalue weighted by Crippen LogP contribution is 2.00. The van der Waals surface area contributed by atoms with E-state index in [-0.39, 0.29) is 0 Å². The standard InChI is InChI=1S/C12H11N3/c1(2-4-12-14-9-10-15-12)3-11-5-7-13-8-6-11/h1-10H,(H,14,15)/b3-1+,4-2+. The molecule has 0 radical (unpaired) electrons. The number of aromatic nitrogens is 3. The van der Waals surface area contributed by atoms with Crippen molar-refractivity contribution in [2.45, 2.75) is 0 Å². The van der Waals surface area contributed by atoms with Crippen molar-refractivity contribution in [1.82, 2.24) is 15.0 Å². The predicted octanol–water partition coefficient (Wildman–Crippen LogP) is 2.53. The smallest absolute Gasteiger partial charge is 0.129 e. The molecule has 74 valence electrons. The summed E-state index contributed by atoms with van der Waals surface area (Å²) in [6.45, 7) is 0. The van der Waals surface area contributed by atoms with E-state index in [9.17, 15) is 0 Å². The first-order valence-corrected chi connectivity index (χ1v) is 4.69. The van der Waals surface area contributed by atoms with Crippen molar-refractivity contribution in [3.8, 4) is 0 Å². The van der Waals surface area contributed by atoms with E-state index in [2.05, 4.69) is 15.0 Å². The summed E-state index contributed by atoms with van der Waals surface area (Å²) in [5.74, 6) is 0.856. The lowest BCUT2D eigenvalue weighted by molar-refractivity contribution is 1.26. The van der Waals surface area contributed by atoms with Crippen LogP contribution < -0.4 is 0 Å². The summed E-state index contributed by atoms with van der Waals surface area (Å²) in [4.78, 5) is 11.0. The number of hydrogen-bond donors (Lipinski definition) is 1. The molecule has 2 rings (SSSR count). The maximum absolute atomic E-state index is 4.07. The topological polar surface area (TPSA) is 41.6 Å². The van der Waals surface area contributed by atoms with Gasteiger partial charge < -0.3 is 4.98 Å². The highest BCUT2D eigenvalue weighted by Gasteiger charge is 1.83. The van der Waals surface area contributed by atoms with Crippen LogP contribution in [0.3, 0.4) is 0 Å². The Morgan fingerprint density at radius 2 is 1.80 bits per heavy atom. The Morgan fingerprint density at radius 3 is 2.53 bits per heavy atom. The molecule has 0 aromatic carbocycles. The molecule has 2 heterocycles. The van der Waals surface area contributed by atoms with Crippen molar-refractivity contribution in [3.05, 3.63) is 60.5 Å². The van der Waals surface area contributed by atoms with Gasteiger partial charge in [-0.1, -0.05) is 18.2 Å². The van der Waals surface area contributed by atoms with Gasteiger partial charge in [-0.25, -0.2) is 4.98 Å². The first-order chi connectivity index (χ1) is 7.45. The fraction of sp³-hybridized carbons (Fsp3) is 0. The zero-order chi connectivity index (χ0) is 10.3. The minimum Gasteiger partial charge on any atom is -0.345 e. The first kappa shape index (κ1) is 9.40. The second-order valence-corrected chi connectivity index (χ2v) is 2.97. The van der Waals surface area contributed by atoms with Gasteiger partial charge in [0.25, 0.3) is 0 Å². The van der Waals surface area contributed by atoms with Crippen molar-refractivity contribution in [1.29, 1.82) is 0 Å². The van der Waals surface area contributed by atoms with Crippen LogP contribution in [-0.4, -0.2) is 15.0 Å². The summed E-state index contributed by atoms with van der Waals surface area (Å²) < 4.78 is 0. The second-order valence-electron chi connectivity index (χ2n) is 2.97. The van der Waals surface area contributed by atoms with Gasteiger partial charge in [-0.15, -0.1) is 0 Å². The Bertz CT molecular complexity index is 441. The van der Waals surface area contributed by atoms with Crippen LogP contribution in [0.15, 0.2) is 49.1 Å². The van der Waals surface area contributed by atoms with Gasteiger partial charge in [0.2, 0.25) is 0 Å². The molecule has 2 aromatic rings. The highest BCUT2D eigenvalue weighted by molar-refractivity contribution is 5.53. The van der Waals surface area contributed by atoms with Crippen LogP contribution in [-0.2, 0) is 0 Å². The molecule has 0 atom stereocenters. The average molecular weight is 197 g/mol. The Morgan fingerprint density at radius 1 is 1.00 bits per heavy atom. The maximum Gasteiger partial charge on any atom is 0.129 e. The zero-order valence-electron chi connectivity index (χ0n) is 8.17. The van der Waals surface area contributed by atoms with Crippen molar-refractivity contribution in [2.24, 2.45) is 0 Å². The molecule has 0 saturated carbocycles. The molecule has 0 bridgehead atoms. The van der Waals surface area contributed by atoms with Gasteiger partial charge in [-0.05, 0) is 23.8 Å². The summed E-state index contributed by atoms with van der Waals surface area (Å²) in [6, 6.07) is 3.91. The molecular formula is C12H11N3. The molecule has 0 fully saturated rings. The van der Waals surface area contributed by atoms with Crippen LogP contribution in [0.5, 0.6) is 0 Å². The minimum absolute atomic E-state index is 0.856. The van der Waals surface area contributed by atoms with Gasteiger partial charge in [0, 0.05) is 24.8 Å². The minimum atomic E-state index is 0.856. The third-order valence-electron chi connectivity index (χ3n) is 1.88. The van der Waals surface area contributed by atoms with E-state index in [0.717, 1.165) is 11.4 Å². The van der Waals surface area contributed by atoms with E-state index in [1.54, 1.807) is 24.8 Å². The third kappa shape index (κ3) is 2.91. The zero-order valence-corrected chi connectivity index (χ0v) is 8.17. The summed E-state index contributed by atoms with van der Waals surface area (Å²) in [5.41, 5.74) is 1.13. The predicted molar refractivity (Wildman–Crippen MR) is 60.9 cm³/mol. The Labute approximate surface area is 88.2 Å². The fourth-order valence-corrected chi connectivity index (χ4v) is 1.16. The lowest BCUT2D eigenvalue weighted by Crippen LogP contribution is -1.72. The number of nitrogens with one attached hydrogen (secondary N) is 1. The van der Waals surface area contributed by atoms with Crippen LogP contribution in [0.2, 0.25) is 0 Å². The van der Waals surface area contributed by atoms with E-state index in [1.165, 1.54) is 0 Å². The molecule has 3 heteroatoms. The molecule has 2 aromatic heterocycles. The number of rotatable bonds is 3. The monoisotopic (exact) mass is 197 g/mol. The Hall–Kier alpha value is -2.16. The quantitative estimate of drug-likeness (QED) is 0.768. The average Bonchev–Trinajstić information content (AvgIpc) is 2.79. The second kappa shape index (κ2) is 4.91. The van der Waals surface area contributed by atoms with E-state index >= 15 is 0 Å². The SMILES string of the molecule is C(/C=C/c1ncc[nH]1)=C\c1ccncc1. The van der Waals surface area contributed by atoms with Crippen LogP contribution >= 0.6 is 0 Å². The number of imidazole rings is 1. The lowest BCUT2D eigenvalue weighted by Gasteiger charge is -1.87. The first-order valence-electron chi connectivity index (χ1n) is 4.69. The van der Waals surface area contributed by atoms with E-state index in [4.69, 9.17) is 0 Å². The van der Waals surface area contributed by atoms with Gasteiger partial charge in [-0.2, -0.15) is 0 Å². The van der Waals surface area contributed by atoms with Crippen LogP contribution in [0, 0.1) is 0 Å². The number of aromatic amines is 1. The largest absolute Gasteiger partial charge is 0.345 e. The van der Waals surface area contributed by atoms with Crippen molar-refractivity contribution in [2.75, 3.05) is 0 Å². The van der Waals surface area contributed by atoms with Crippen LogP contribution in [0.25, 0.3) is 12.2 Å². The summed E-state index contributed by atoms with van der Waals surface area (Å²) in [5, 5.41) is 0. The van der Waals surface area contributed by atoms with Gasteiger partial charge >= 0.3 is 0 Å². The molecule has 0 aliphatic carbocycles. The van der Waals surface area contributed by atoms with Crippen molar-refractivity contribution < 1.29 is 0 Å². The van der Waals surface area contributed by atoms with Gasteiger partial charge in [0.1, 0.15) is 5.82 Å². The fourth-order valence-electron chi connectivity index (χ4n) is 1.16. The molecule has 15 heavy (non-hydrogen) atoms. The molecule has 0 spiro atoms. The van der Waals surface area contributed by atoms with Gasteiger partial charge in [-0.3, -0.25) is 4.98 Å². The summed E-state index contributed by atoms with van der Waals surface area (Å²) in [6.07, 6.45) is 14.9. The Balaban J connectivity index is 1.96. The van der Waals surface area contributed by atoms with E-state index in [1.807, 2.05) is 36.4 Å². The van der Waals surface area contributed by atoms with Gasteiger partial charge in [0.15, 0.2) is 0 Å². The highest BCUT2D eigenvalue weighted by atomic mass is 14.9. The van der Waals surface area contributed by atoms with Gasteiger partial charge in [0.05, 0.1) is 0 Å². The number of nitrogens with zero attached hydrogens (tertiary/aromatic N) is 2. The van der Waals surface area contributed by atoms with Crippen LogP contribution in [0.1, 0.15) is 11.4 Å². The molecule has 3 nitrogen and oxygen atoms in total. The van der Waals surface area contributed by atoms with E-state index < -0.39 is 0 Å². The molecular weight excluding hydrogens is 186 g/mol. The normalized spacial score (nSPS) is 11.5. The number of H-pyrrole nitrogens is 1. The number of allylic oxidation sites excluding steroid dienone is 2. The molecule has 1 N–H and O–H groups in total. The van der Waals surface area contributed by atoms with Crippen LogP contribution in [0.4, 0.5) is 0 Å². The van der Waals surface area contributed by atoms with Crippen molar-refractivity contribution >= 4 is 12.2 Å². The number of hydrogen-bond acceptors (Lipinski definition) is 2. The molecule has 0 amide bonds. The summed E-state index contributed by atoms with van der Waals surface area (Å²) in [7, 11) is 0. The molecule has 0 aliphatic heterocycles. The molecule has 0 aliphatic rings. The number of pyridine rings is 1. The molecule has 0 saturated heterocycles.